The summed E-state index contributed by atoms with van der Waals surface area (Å²) >= 11 is 3.31. The molecule has 0 aromatic heterocycles. The van der Waals surface area contributed by atoms with Crippen LogP contribution in [-0.4, -0.2) is 11.1 Å². The summed E-state index contributed by atoms with van der Waals surface area (Å²) in [6, 6.07) is 13.7. The number of carbonyl (C=O) groups is 1. The van der Waals surface area contributed by atoms with Crippen molar-refractivity contribution in [2.75, 3.05) is 0 Å². The Hall–Kier alpha value is -2.32. The lowest BCUT2D eigenvalue weighted by atomic mass is 10.1. The molecule has 0 fully saturated rings. The minimum absolute atomic E-state index is 0.161. The molecule has 0 unspecified atom stereocenters. The normalized spacial score (nSPS) is 9.80. The van der Waals surface area contributed by atoms with Crippen LogP contribution in [0.5, 0.6) is 5.75 Å². The molecule has 0 aliphatic rings. The Kier molecular flexibility index (Phi) is 4.38. The van der Waals surface area contributed by atoms with Crippen molar-refractivity contribution in [1.29, 1.82) is 5.26 Å². The third-order valence-corrected chi connectivity index (χ3v) is 3.28. The first-order valence-corrected chi connectivity index (χ1v) is 6.54. The average molecular weight is 332 g/mol. The Balaban J connectivity index is 2.16. The van der Waals surface area contributed by atoms with Crippen LogP contribution in [0, 0.1) is 11.3 Å². The smallest absolute Gasteiger partial charge is 0.335 e. The van der Waals surface area contributed by atoms with Crippen LogP contribution in [-0.2, 0) is 6.61 Å². The molecule has 2 aromatic carbocycles. The Morgan fingerprint density at radius 2 is 2.10 bits per heavy atom. The van der Waals surface area contributed by atoms with Gasteiger partial charge in [-0.15, -0.1) is 0 Å². The number of hydrogen-bond donors (Lipinski definition) is 1. The van der Waals surface area contributed by atoms with Gasteiger partial charge in [-0.1, -0.05) is 12.1 Å². The molecule has 20 heavy (non-hydrogen) atoms. The van der Waals surface area contributed by atoms with Gasteiger partial charge in [-0.25, -0.2) is 4.79 Å². The molecule has 0 atom stereocenters. The number of carboxylic acid groups (broad SMARTS) is 1. The zero-order valence-electron chi connectivity index (χ0n) is 10.3. The van der Waals surface area contributed by atoms with E-state index in [9.17, 15) is 4.79 Å². The Bertz CT molecular complexity index is 692. The predicted molar refractivity (Wildman–Crippen MR) is 76.6 cm³/mol. The van der Waals surface area contributed by atoms with Crippen molar-refractivity contribution >= 4 is 21.9 Å². The van der Waals surface area contributed by atoms with E-state index in [2.05, 4.69) is 22.0 Å². The van der Waals surface area contributed by atoms with E-state index in [0.717, 1.165) is 5.56 Å². The fourth-order valence-electron chi connectivity index (χ4n) is 1.64. The summed E-state index contributed by atoms with van der Waals surface area (Å²) in [5, 5.41) is 17.8. The second kappa shape index (κ2) is 6.22. The summed E-state index contributed by atoms with van der Waals surface area (Å²) in [6.45, 7) is 0.261. The van der Waals surface area contributed by atoms with Crippen molar-refractivity contribution in [2.45, 2.75) is 6.61 Å². The van der Waals surface area contributed by atoms with E-state index in [-0.39, 0.29) is 12.2 Å². The summed E-state index contributed by atoms with van der Waals surface area (Å²) in [4.78, 5) is 10.9. The third kappa shape index (κ3) is 3.37. The number of carboxylic acids is 1. The highest BCUT2D eigenvalue weighted by molar-refractivity contribution is 9.10. The van der Waals surface area contributed by atoms with Crippen LogP contribution in [0.15, 0.2) is 46.9 Å². The van der Waals surface area contributed by atoms with Gasteiger partial charge in [0.05, 0.1) is 21.7 Å². The second-order valence-electron chi connectivity index (χ2n) is 4.05. The van der Waals surface area contributed by atoms with Crippen molar-refractivity contribution in [3.8, 4) is 11.8 Å². The van der Waals surface area contributed by atoms with Gasteiger partial charge in [-0.05, 0) is 51.8 Å². The van der Waals surface area contributed by atoms with Crippen molar-refractivity contribution in [2.24, 2.45) is 0 Å². The molecule has 0 spiro atoms. The van der Waals surface area contributed by atoms with Crippen LogP contribution < -0.4 is 4.74 Å². The lowest BCUT2D eigenvalue weighted by Crippen LogP contribution is -2.00. The van der Waals surface area contributed by atoms with E-state index in [4.69, 9.17) is 15.1 Å². The lowest BCUT2D eigenvalue weighted by molar-refractivity contribution is 0.0696. The molecule has 0 aliphatic heterocycles. The minimum atomic E-state index is -1.01. The summed E-state index contributed by atoms with van der Waals surface area (Å²) < 4.78 is 6.27. The molecule has 0 saturated heterocycles. The van der Waals surface area contributed by atoms with Crippen molar-refractivity contribution in [3.63, 3.8) is 0 Å². The molecule has 0 heterocycles. The fraction of sp³-hybridized carbons (Fsp3) is 0.0667. The van der Waals surface area contributed by atoms with Gasteiger partial charge in [0, 0.05) is 0 Å². The van der Waals surface area contributed by atoms with Gasteiger partial charge in [-0.2, -0.15) is 5.26 Å². The molecule has 0 amide bonds. The lowest BCUT2D eigenvalue weighted by Gasteiger charge is -2.09. The molecule has 1 N–H and O–H groups in total. The van der Waals surface area contributed by atoms with E-state index in [1.807, 2.05) is 6.07 Å². The highest BCUT2D eigenvalue weighted by Gasteiger charge is 2.08. The van der Waals surface area contributed by atoms with Crippen LogP contribution in [0.3, 0.4) is 0 Å². The fourth-order valence-corrected chi connectivity index (χ4v) is 2.00. The van der Waals surface area contributed by atoms with Crippen LogP contribution in [0.25, 0.3) is 0 Å². The van der Waals surface area contributed by atoms with Crippen LogP contribution in [0.4, 0.5) is 0 Å². The Labute approximate surface area is 124 Å². The molecule has 0 saturated carbocycles. The van der Waals surface area contributed by atoms with Gasteiger partial charge in [-0.3, -0.25) is 0 Å². The highest BCUT2D eigenvalue weighted by atomic mass is 79.9. The van der Waals surface area contributed by atoms with E-state index in [1.165, 1.54) is 12.1 Å². The highest BCUT2D eigenvalue weighted by Crippen LogP contribution is 2.27. The maximum absolute atomic E-state index is 10.9. The molecule has 2 aromatic rings. The molecule has 100 valence electrons. The molecule has 0 aliphatic carbocycles. The number of benzene rings is 2. The first kappa shape index (κ1) is 14.1. The molecular formula is C15H10BrNO3. The molecule has 0 radical (unpaired) electrons. The van der Waals surface area contributed by atoms with Gasteiger partial charge in [0.2, 0.25) is 0 Å². The van der Waals surface area contributed by atoms with E-state index < -0.39 is 5.97 Å². The van der Waals surface area contributed by atoms with Crippen molar-refractivity contribution in [1.82, 2.24) is 0 Å². The number of aromatic carboxylic acids is 1. The maximum atomic E-state index is 10.9. The number of rotatable bonds is 4. The minimum Gasteiger partial charge on any atom is -0.488 e. The van der Waals surface area contributed by atoms with E-state index in [1.54, 1.807) is 24.3 Å². The molecule has 5 heteroatoms. The predicted octanol–water partition coefficient (Wildman–Crippen LogP) is 3.60. The largest absolute Gasteiger partial charge is 0.488 e. The number of ether oxygens (including phenoxy) is 1. The zero-order valence-corrected chi connectivity index (χ0v) is 11.9. The molecular weight excluding hydrogens is 322 g/mol. The SMILES string of the molecule is N#Cc1cccc(COc2cc(C(=O)O)ccc2Br)c1. The molecule has 4 nitrogen and oxygen atoms in total. The average Bonchev–Trinajstić information content (AvgIpc) is 2.46. The summed E-state index contributed by atoms with van der Waals surface area (Å²) in [5.41, 5.74) is 1.56. The van der Waals surface area contributed by atoms with Crippen molar-refractivity contribution < 1.29 is 14.6 Å². The van der Waals surface area contributed by atoms with Gasteiger partial charge < -0.3 is 9.84 Å². The van der Waals surface area contributed by atoms with Gasteiger partial charge in [0.25, 0.3) is 0 Å². The standard InChI is InChI=1S/C15H10BrNO3/c16-13-5-4-12(15(18)19)7-14(13)20-9-11-3-1-2-10(6-11)8-17/h1-7H,9H2,(H,18,19). The van der Waals surface area contributed by atoms with Crippen LogP contribution >= 0.6 is 15.9 Å². The quantitative estimate of drug-likeness (QED) is 0.929. The van der Waals surface area contributed by atoms with Crippen LogP contribution in [0.2, 0.25) is 0 Å². The number of halogens is 1. The van der Waals surface area contributed by atoms with Gasteiger partial charge >= 0.3 is 5.97 Å². The topological polar surface area (TPSA) is 70.3 Å². The molecule has 0 bridgehead atoms. The zero-order chi connectivity index (χ0) is 14.5. The summed E-state index contributed by atoms with van der Waals surface area (Å²) in [6.07, 6.45) is 0. The monoisotopic (exact) mass is 331 g/mol. The number of hydrogen-bond acceptors (Lipinski definition) is 3. The van der Waals surface area contributed by atoms with E-state index in [0.29, 0.717) is 15.8 Å². The van der Waals surface area contributed by atoms with Gasteiger partial charge in [0.1, 0.15) is 12.4 Å². The number of nitriles is 1. The van der Waals surface area contributed by atoms with E-state index >= 15 is 0 Å². The third-order valence-electron chi connectivity index (χ3n) is 2.63. The summed E-state index contributed by atoms with van der Waals surface area (Å²) in [7, 11) is 0. The Morgan fingerprint density at radius 1 is 1.30 bits per heavy atom. The Morgan fingerprint density at radius 3 is 2.80 bits per heavy atom. The maximum Gasteiger partial charge on any atom is 0.335 e. The first-order chi connectivity index (χ1) is 9.60. The van der Waals surface area contributed by atoms with Crippen molar-refractivity contribution in [3.05, 3.63) is 63.6 Å². The van der Waals surface area contributed by atoms with Gasteiger partial charge in [0.15, 0.2) is 0 Å². The first-order valence-electron chi connectivity index (χ1n) is 5.75. The number of nitrogens with zero attached hydrogens (tertiary/aromatic N) is 1. The van der Waals surface area contributed by atoms with Crippen LogP contribution in [0.1, 0.15) is 21.5 Å². The molecule has 2 rings (SSSR count). The summed E-state index contributed by atoms with van der Waals surface area (Å²) in [5.74, 6) is -0.555. The second-order valence-corrected chi connectivity index (χ2v) is 4.91.